The number of carbonyl (C=O) groups is 1. The number of benzene rings is 1. The summed E-state index contributed by atoms with van der Waals surface area (Å²) < 4.78 is 5.29. The smallest absolute Gasteiger partial charge is 0.217 e. The highest BCUT2D eigenvalue weighted by atomic mass is 16.5. The summed E-state index contributed by atoms with van der Waals surface area (Å²) in [5, 5.41) is 3.86. The molecule has 2 N–H and O–H groups in total. The number of aromatic nitrogens is 1. The molecule has 0 fully saturated rings. The Labute approximate surface area is 93.6 Å². The lowest BCUT2D eigenvalue weighted by Gasteiger charge is -2.10. The first-order valence-corrected chi connectivity index (χ1v) is 5.09. The van der Waals surface area contributed by atoms with Crippen LogP contribution in [-0.4, -0.2) is 18.0 Å². The van der Waals surface area contributed by atoms with Gasteiger partial charge in [-0.05, 0) is 18.2 Å². The van der Waals surface area contributed by atoms with Crippen LogP contribution in [0.3, 0.4) is 0 Å². The van der Waals surface area contributed by atoms with Crippen molar-refractivity contribution in [2.45, 2.75) is 13.5 Å². The lowest BCUT2D eigenvalue weighted by Crippen LogP contribution is -2.19. The van der Waals surface area contributed by atoms with Gasteiger partial charge in [0.2, 0.25) is 5.91 Å². The molecule has 4 nitrogen and oxygen atoms in total. The first kappa shape index (κ1) is 10.5. The first-order valence-electron chi connectivity index (χ1n) is 5.09. The van der Waals surface area contributed by atoms with Gasteiger partial charge in [-0.15, -0.1) is 0 Å². The molecule has 0 aliphatic rings. The average Bonchev–Trinajstić information content (AvgIpc) is 2.73. The normalized spacial score (nSPS) is 10.4. The van der Waals surface area contributed by atoms with Gasteiger partial charge in [-0.3, -0.25) is 4.79 Å². The number of methoxy groups -OCH3 is 1. The van der Waals surface area contributed by atoms with Crippen molar-refractivity contribution >= 4 is 16.8 Å². The highest BCUT2D eigenvalue weighted by Crippen LogP contribution is 2.27. The molecule has 0 radical (unpaired) electrons. The van der Waals surface area contributed by atoms with Gasteiger partial charge in [-0.25, -0.2) is 0 Å². The Balaban J connectivity index is 2.44. The van der Waals surface area contributed by atoms with Gasteiger partial charge < -0.3 is 15.0 Å². The van der Waals surface area contributed by atoms with Gasteiger partial charge >= 0.3 is 0 Å². The quantitative estimate of drug-likeness (QED) is 0.825. The van der Waals surface area contributed by atoms with Crippen LogP contribution in [0.15, 0.2) is 24.4 Å². The Morgan fingerprint density at radius 1 is 1.44 bits per heavy atom. The Morgan fingerprint density at radius 3 is 2.94 bits per heavy atom. The monoisotopic (exact) mass is 218 g/mol. The van der Waals surface area contributed by atoms with Crippen molar-refractivity contribution in [3.8, 4) is 5.75 Å². The van der Waals surface area contributed by atoms with Crippen LogP contribution in [0.5, 0.6) is 5.75 Å². The Morgan fingerprint density at radius 2 is 2.25 bits per heavy atom. The van der Waals surface area contributed by atoms with Crippen LogP contribution in [0.4, 0.5) is 0 Å². The fourth-order valence-corrected chi connectivity index (χ4v) is 1.76. The van der Waals surface area contributed by atoms with Crippen molar-refractivity contribution in [3.05, 3.63) is 30.0 Å². The zero-order valence-corrected chi connectivity index (χ0v) is 9.33. The third-order valence-corrected chi connectivity index (χ3v) is 2.54. The minimum absolute atomic E-state index is 0.0467. The van der Waals surface area contributed by atoms with Crippen molar-refractivity contribution in [1.82, 2.24) is 10.3 Å². The number of aromatic amines is 1. The van der Waals surface area contributed by atoms with Crippen LogP contribution in [0, 0.1) is 0 Å². The van der Waals surface area contributed by atoms with Crippen LogP contribution in [0.25, 0.3) is 10.9 Å². The van der Waals surface area contributed by atoms with Crippen LogP contribution in [-0.2, 0) is 11.3 Å². The van der Waals surface area contributed by atoms with Gasteiger partial charge in [0.1, 0.15) is 5.75 Å². The van der Waals surface area contributed by atoms with E-state index in [1.165, 1.54) is 6.92 Å². The van der Waals surface area contributed by atoms with Gasteiger partial charge in [-0.1, -0.05) is 0 Å². The molecule has 1 aromatic carbocycles. The van der Waals surface area contributed by atoms with Crippen LogP contribution in [0.1, 0.15) is 12.5 Å². The third kappa shape index (κ3) is 1.86. The highest BCUT2D eigenvalue weighted by molar-refractivity contribution is 5.85. The maximum atomic E-state index is 10.9. The number of hydrogen-bond donors (Lipinski definition) is 2. The van der Waals surface area contributed by atoms with Crippen molar-refractivity contribution in [1.29, 1.82) is 0 Å². The van der Waals surface area contributed by atoms with Crippen LogP contribution in [0.2, 0.25) is 0 Å². The fraction of sp³-hybridized carbons (Fsp3) is 0.250. The van der Waals surface area contributed by atoms with Crippen molar-refractivity contribution in [3.63, 3.8) is 0 Å². The van der Waals surface area contributed by atoms with E-state index >= 15 is 0 Å². The summed E-state index contributed by atoms with van der Waals surface area (Å²) in [7, 11) is 1.63. The molecule has 1 amide bonds. The molecule has 2 aromatic rings. The summed E-state index contributed by atoms with van der Waals surface area (Å²) >= 11 is 0. The number of carbonyl (C=O) groups excluding carboxylic acids is 1. The van der Waals surface area contributed by atoms with Crippen LogP contribution >= 0.6 is 0 Å². The predicted octanol–water partition coefficient (Wildman–Crippen LogP) is 1.81. The van der Waals surface area contributed by atoms with E-state index in [9.17, 15) is 4.79 Å². The van der Waals surface area contributed by atoms with E-state index in [1.54, 1.807) is 7.11 Å². The third-order valence-electron chi connectivity index (χ3n) is 2.54. The molecule has 0 bridgehead atoms. The molecule has 16 heavy (non-hydrogen) atoms. The van der Waals surface area contributed by atoms with Gasteiger partial charge in [-0.2, -0.15) is 0 Å². The summed E-state index contributed by atoms with van der Waals surface area (Å²) in [4.78, 5) is 14.1. The molecule has 0 spiro atoms. The van der Waals surface area contributed by atoms with E-state index in [1.807, 2.05) is 24.4 Å². The minimum atomic E-state index is -0.0467. The molecule has 84 valence electrons. The lowest BCUT2D eigenvalue weighted by molar-refractivity contribution is -0.119. The van der Waals surface area contributed by atoms with Crippen LogP contribution < -0.4 is 10.1 Å². The van der Waals surface area contributed by atoms with Gasteiger partial charge in [0.15, 0.2) is 0 Å². The number of ether oxygens (including phenoxy) is 1. The lowest BCUT2D eigenvalue weighted by atomic mass is 10.1. The van der Waals surface area contributed by atoms with Gasteiger partial charge in [0.05, 0.1) is 7.11 Å². The maximum Gasteiger partial charge on any atom is 0.217 e. The van der Waals surface area contributed by atoms with Crippen molar-refractivity contribution in [2.24, 2.45) is 0 Å². The second kappa shape index (κ2) is 4.26. The van der Waals surface area contributed by atoms with Gasteiger partial charge in [0, 0.05) is 36.1 Å². The molecule has 0 atom stereocenters. The molecule has 0 saturated carbocycles. The molecule has 0 saturated heterocycles. The molecule has 1 aromatic heterocycles. The van der Waals surface area contributed by atoms with E-state index in [-0.39, 0.29) is 5.91 Å². The predicted molar refractivity (Wildman–Crippen MR) is 62.4 cm³/mol. The molecule has 0 unspecified atom stereocenters. The van der Waals surface area contributed by atoms with E-state index in [0.717, 1.165) is 22.2 Å². The topological polar surface area (TPSA) is 54.1 Å². The summed E-state index contributed by atoms with van der Waals surface area (Å²) in [6.45, 7) is 1.98. The molecule has 0 aliphatic heterocycles. The summed E-state index contributed by atoms with van der Waals surface area (Å²) in [5.41, 5.74) is 2.04. The van der Waals surface area contributed by atoms with E-state index in [0.29, 0.717) is 6.54 Å². The number of hydrogen-bond acceptors (Lipinski definition) is 2. The van der Waals surface area contributed by atoms with Crippen molar-refractivity contribution in [2.75, 3.05) is 7.11 Å². The summed E-state index contributed by atoms with van der Waals surface area (Å²) in [5.74, 6) is 0.746. The Kier molecular flexibility index (Phi) is 2.81. The van der Waals surface area contributed by atoms with Gasteiger partial charge in [0.25, 0.3) is 0 Å². The molecule has 0 aliphatic carbocycles. The average molecular weight is 218 g/mol. The second-order valence-corrected chi connectivity index (χ2v) is 3.60. The highest BCUT2D eigenvalue weighted by Gasteiger charge is 2.09. The number of amides is 1. The Bertz CT molecular complexity index is 517. The molecule has 2 rings (SSSR count). The Hall–Kier alpha value is -1.97. The minimum Gasteiger partial charge on any atom is -0.496 e. The number of rotatable bonds is 3. The number of nitrogens with one attached hydrogen (secondary N) is 2. The zero-order valence-electron chi connectivity index (χ0n) is 9.33. The molecular weight excluding hydrogens is 204 g/mol. The maximum absolute atomic E-state index is 10.9. The first-order chi connectivity index (χ1) is 7.72. The number of fused-ring (bicyclic) bond motifs is 1. The summed E-state index contributed by atoms with van der Waals surface area (Å²) in [6.07, 6.45) is 1.88. The molecule has 4 heteroatoms. The second-order valence-electron chi connectivity index (χ2n) is 3.60. The van der Waals surface area contributed by atoms with E-state index in [2.05, 4.69) is 10.3 Å². The molecular formula is C12H14N2O2. The van der Waals surface area contributed by atoms with Crippen molar-refractivity contribution < 1.29 is 9.53 Å². The SMILES string of the molecule is COc1ccc2[nH]ccc2c1CNC(C)=O. The van der Waals surface area contributed by atoms with E-state index in [4.69, 9.17) is 4.74 Å². The number of H-pyrrole nitrogens is 1. The standard InChI is InChI=1S/C12H14N2O2/c1-8(15)14-7-10-9-5-6-13-11(9)3-4-12(10)16-2/h3-6,13H,7H2,1-2H3,(H,14,15). The fourth-order valence-electron chi connectivity index (χ4n) is 1.76. The zero-order chi connectivity index (χ0) is 11.5. The summed E-state index contributed by atoms with van der Waals surface area (Å²) in [6, 6.07) is 5.84. The van der Waals surface area contributed by atoms with E-state index < -0.39 is 0 Å². The molecule has 1 heterocycles. The largest absolute Gasteiger partial charge is 0.496 e.